The van der Waals surface area contributed by atoms with Gasteiger partial charge in [0.2, 0.25) is 5.75 Å². The molecule has 0 aromatic heterocycles. The zero-order valence-corrected chi connectivity index (χ0v) is 14.2. The van der Waals surface area contributed by atoms with Crippen molar-refractivity contribution in [2.24, 2.45) is 5.92 Å². The van der Waals surface area contributed by atoms with E-state index in [-0.39, 0.29) is 0 Å². The molecule has 4 heteroatoms. The van der Waals surface area contributed by atoms with Gasteiger partial charge >= 0.3 is 0 Å². The minimum absolute atomic E-state index is 0.290. The van der Waals surface area contributed by atoms with E-state index in [1.165, 1.54) is 5.56 Å². The van der Waals surface area contributed by atoms with Gasteiger partial charge in [0.25, 0.3) is 0 Å². The third-order valence-corrected chi connectivity index (χ3v) is 3.44. The second-order valence-electron chi connectivity index (χ2n) is 5.59. The van der Waals surface area contributed by atoms with Crippen molar-refractivity contribution in [2.75, 3.05) is 27.9 Å². The van der Waals surface area contributed by atoms with Gasteiger partial charge in [-0.05, 0) is 43.0 Å². The molecule has 1 aromatic carbocycles. The lowest BCUT2D eigenvalue weighted by molar-refractivity contribution is 0.322. The molecule has 0 aliphatic rings. The Morgan fingerprint density at radius 2 is 1.57 bits per heavy atom. The Hall–Kier alpha value is -1.42. The minimum atomic E-state index is 0.290. The van der Waals surface area contributed by atoms with Gasteiger partial charge in [0.1, 0.15) is 0 Å². The van der Waals surface area contributed by atoms with Crippen LogP contribution in [0.15, 0.2) is 12.1 Å². The molecule has 1 unspecified atom stereocenters. The molecule has 0 amide bonds. The fraction of sp³-hybridized carbons (Fsp3) is 0.647. The summed E-state index contributed by atoms with van der Waals surface area (Å²) in [6.45, 7) is 7.64. The van der Waals surface area contributed by atoms with Gasteiger partial charge in [-0.15, -0.1) is 0 Å². The van der Waals surface area contributed by atoms with Crippen LogP contribution in [0.1, 0.15) is 45.2 Å². The first-order valence-corrected chi connectivity index (χ1v) is 7.60. The molecule has 0 bridgehead atoms. The SMILES string of the molecule is CCCNC(CC(C)C)c1cc(OC)c(OC)c(OC)c1. The first-order chi connectivity index (χ1) is 10.1. The molecule has 0 aliphatic carbocycles. The quantitative estimate of drug-likeness (QED) is 0.752. The van der Waals surface area contributed by atoms with Crippen LogP contribution in [0.5, 0.6) is 17.2 Å². The lowest BCUT2D eigenvalue weighted by atomic mass is 9.96. The maximum absolute atomic E-state index is 5.45. The van der Waals surface area contributed by atoms with Gasteiger partial charge in [0, 0.05) is 6.04 Å². The van der Waals surface area contributed by atoms with Crippen LogP contribution in [-0.4, -0.2) is 27.9 Å². The molecular weight excluding hydrogens is 266 g/mol. The zero-order valence-electron chi connectivity index (χ0n) is 14.2. The molecule has 0 aliphatic heterocycles. The van der Waals surface area contributed by atoms with Crippen molar-refractivity contribution in [3.05, 3.63) is 17.7 Å². The number of methoxy groups -OCH3 is 3. The summed E-state index contributed by atoms with van der Waals surface area (Å²) in [5.41, 5.74) is 1.17. The number of nitrogens with one attached hydrogen (secondary N) is 1. The van der Waals surface area contributed by atoms with E-state index < -0.39 is 0 Å². The van der Waals surface area contributed by atoms with E-state index in [0.29, 0.717) is 29.2 Å². The maximum Gasteiger partial charge on any atom is 0.203 e. The van der Waals surface area contributed by atoms with Crippen LogP contribution >= 0.6 is 0 Å². The van der Waals surface area contributed by atoms with Crippen molar-refractivity contribution in [3.63, 3.8) is 0 Å². The van der Waals surface area contributed by atoms with Crippen LogP contribution in [0, 0.1) is 5.92 Å². The summed E-state index contributed by atoms with van der Waals surface area (Å²) in [7, 11) is 4.93. The molecule has 1 N–H and O–H groups in total. The number of hydrogen-bond donors (Lipinski definition) is 1. The third kappa shape index (κ3) is 4.81. The van der Waals surface area contributed by atoms with Crippen LogP contribution in [-0.2, 0) is 0 Å². The van der Waals surface area contributed by atoms with Gasteiger partial charge < -0.3 is 19.5 Å². The van der Waals surface area contributed by atoms with E-state index in [2.05, 4.69) is 26.1 Å². The summed E-state index contributed by atoms with van der Waals surface area (Å²) in [4.78, 5) is 0. The van der Waals surface area contributed by atoms with E-state index in [0.717, 1.165) is 19.4 Å². The summed E-state index contributed by atoms with van der Waals surface area (Å²) < 4.78 is 16.3. The topological polar surface area (TPSA) is 39.7 Å². The predicted octanol–water partition coefficient (Wildman–Crippen LogP) is 3.80. The Bertz CT molecular complexity index is 407. The van der Waals surface area contributed by atoms with Crippen molar-refractivity contribution < 1.29 is 14.2 Å². The number of ether oxygens (including phenoxy) is 3. The first kappa shape index (κ1) is 17.6. The highest BCUT2D eigenvalue weighted by atomic mass is 16.5. The van der Waals surface area contributed by atoms with Crippen LogP contribution in [0.4, 0.5) is 0 Å². The van der Waals surface area contributed by atoms with Crippen LogP contribution in [0.25, 0.3) is 0 Å². The highest BCUT2D eigenvalue weighted by molar-refractivity contribution is 5.54. The molecule has 1 atom stereocenters. The smallest absolute Gasteiger partial charge is 0.203 e. The fourth-order valence-electron chi connectivity index (χ4n) is 2.43. The van der Waals surface area contributed by atoms with Crippen molar-refractivity contribution in [3.8, 4) is 17.2 Å². The van der Waals surface area contributed by atoms with Crippen molar-refractivity contribution in [2.45, 2.75) is 39.7 Å². The number of rotatable bonds is 9. The molecule has 21 heavy (non-hydrogen) atoms. The summed E-state index contributed by atoms with van der Waals surface area (Å²) in [6.07, 6.45) is 2.18. The van der Waals surface area contributed by atoms with E-state index in [1.54, 1.807) is 21.3 Å². The monoisotopic (exact) mass is 295 g/mol. The van der Waals surface area contributed by atoms with Crippen LogP contribution in [0.2, 0.25) is 0 Å². The van der Waals surface area contributed by atoms with E-state index in [9.17, 15) is 0 Å². The van der Waals surface area contributed by atoms with Crippen molar-refractivity contribution in [1.29, 1.82) is 0 Å². The second-order valence-corrected chi connectivity index (χ2v) is 5.59. The van der Waals surface area contributed by atoms with Crippen LogP contribution < -0.4 is 19.5 Å². The largest absolute Gasteiger partial charge is 0.493 e. The fourth-order valence-corrected chi connectivity index (χ4v) is 2.43. The average Bonchev–Trinajstić information content (AvgIpc) is 2.49. The summed E-state index contributed by atoms with van der Waals surface area (Å²) >= 11 is 0. The van der Waals surface area contributed by atoms with Crippen molar-refractivity contribution in [1.82, 2.24) is 5.32 Å². The highest BCUT2D eigenvalue weighted by Gasteiger charge is 2.19. The van der Waals surface area contributed by atoms with E-state index in [1.807, 2.05) is 12.1 Å². The van der Waals surface area contributed by atoms with Gasteiger partial charge in [0.05, 0.1) is 21.3 Å². The summed E-state index contributed by atoms with van der Waals surface area (Å²) in [6, 6.07) is 4.37. The molecule has 0 radical (unpaired) electrons. The molecule has 0 saturated heterocycles. The maximum atomic E-state index is 5.45. The van der Waals surface area contributed by atoms with Crippen LogP contribution in [0.3, 0.4) is 0 Å². The van der Waals surface area contributed by atoms with E-state index >= 15 is 0 Å². The molecule has 1 aromatic rings. The lowest BCUT2D eigenvalue weighted by Gasteiger charge is -2.23. The highest BCUT2D eigenvalue weighted by Crippen LogP contribution is 2.40. The Labute approximate surface area is 128 Å². The molecule has 120 valence electrons. The standard InChI is InChI=1S/C17H29NO3/c1-7-8-18-14(9-12(2)3)13-10-15(19-4)17(21-6)16(11-13)20-5/h10-12,14,18H,7-9H2,1-6H3. The first-order valence-electron chi connectivity index (χ1n) is 7.60. The van der Waals surface area contributed by atoms with Crippen molar-refractivity contribution >= 4 is 0 Å². The normalized spacial score (nSPS) is 12.3. The second kappa shape index (κ2) is 8.78. The van der Waals surface area contributed by atoms with Gasteiger partial charge in [-0.25, -0.2) is 0 Å². The third-order valence-electron chi connectivity index (χ3n) is 3.44. The molecule has 0 saturated carbocycles. The molecule has 0 heterocycles. The number of hydrogen-bond acceptors (Lipinski definition) is 4. The predicted molar refractivity (Wildman–Crippen MR) is 86.6 cm³/mol. The Morgan fingerprint density at radius 1 is 1.00 bits per heavy atom. The molecular formula is C17H29NO3. The molecule has 0 fully saturated rings. The molecule has 0 spiro atoms. The summed E-state index contributed by atoms with van der Waals surface area (Å²) in [5, 5.41) is 3.61. The zero-order chi connectivity index (χ0) is 15.8. The Balaban J connectivity index is 3.17. The minimum Gasteiger partial charge on any atom is -0.493 e. The molecule has 4 nitrogen and oxygen atoms in total. The van der Waals surface area contributed by atoms with Gasteiger partial charge in [0.15, 0.2) is 11.5 Å². The Morgan fingerprint density at radius 3 is 1.95 bits per heavy atom. The van der Waals surface area contributed by atoms with Gasteiger partial charge in [-0.3, -0.25) is 0 Å². The molecule has 1 rings (SSSR count). The van der Waals surface area contributed by atoms with Gasteiger partial charge in [-0.1, -0.05) is 20.8 Å². The Kier molecular flexibility index (Phi) is 7.37. The lowest BCUT2D eigenvalue weighted by Crippen LogP contribution is -2.23. The van der Waals surface area contributed by atoms with Gasteiger partial charge in [-0.2, -0.15) is 0 Å². The summed E-state index contributed by atoms with van der Waals surface area (Å²) in [5.74, 6) is 2.67. The van der Waals surface area contributed by atoms with E-state index in [4.69, 9.17) is 14.2 Å². The number of benzene rings is 1. The average molecular weight is 295 g/mol.